The lowest BCUT2D eigenvalue weighted by molar-refractivity contribution is -0.136. The van der Waals surface area contributed by atoms with Crippen LogP contribution in [0.2, 0.25) is 0 Å². The molecular weight excluding hydrogens is 188 g/mol. The minimum atomic E-state index is -0.451. The molecule has 1 aliphatic rings. The predicted molar refractivity (Wildman–Crippen MR) is 52.4 cm³/mol. The summed E-state index contributed by atoms with van der Waals surface area (Å²) in [6.07, 6.45) is 1.91. The largest absolute Gasteiger partial charge is 0.368 e. The number of hydrogen-bond acceptors (Lipinski definition) is 3. The van der Waals surface area contributed by atoms with Gasteiger partial charge >= 0.3 is 0 Å². The Morgan fingerprint density at radius 3 is 2.77 bits per heavy atom. The van der Waals surface area contributed by atoms with Crippen molar-refractivity contribution in [1.29, 1.82) is 0 Å². The molecule has 5 heteroatoms. The first-order valence-electron chi connectivity index (χ1n) is 4.36. The monoisotopic (exact) mass is 202 g/mol. The van der Waals surface area contributed by atoms with Crippen LogP contribution in [-0.4, -0.2) is 35.1 Å². The number of hydrogen-bond donors (Lipinski definition) is 2. The van der Waals surface area contributed by atoms with E-state index in [4.69, 9.17) is 5.73 Å². The van der Waals surface area contributed by atoms with E-state index in [1.54, 1.807) is 4.90 Å². The van der Waals surface area contributed by atoms with Crippen molar-refractivity contribution in [3.05, 3.63) is 0 Å². The van der Waals surface area contributed by atoms with Crippen LogP contribution in [0.4, 0.5) is 0 Å². The molecule has 0 saturated carbocycles. The third-order valence-corrected chi connectivity index (χ3v) is 2.48. The highest BCUT2D eigenvalue weighted by molar-refractivity contribution is 7.80. The molecule has 0 radical (unpaired) electrons. The van der Waals surface area contributed by atoms with Gasteiger partial charge in [0.2, 0.25) is 11.8 Å². The number of primary amides is 1. The Bertz CT molecular complexity index is 220. The highest BCUT2D eigenvalue weighted by atomic mass is 32.1. The molecule has 0 aromatic heterocycles. The van der Waals surface area contributed by atoms with E-state index in [1.165, 1.54) is 0 Å². The van der Waals surface area contributed by atoms with Crippen LogP contribution in [0.25, 0.3) is 0 Å². The Balaban J connectivity index is 2.63. The van der Waals surface area contributed by atoms with Gasteiger partial charge in [-0.1, -0.05) is 0 Å². The summed E-state index contributed by atoms with van der Waals surface area (Å²) in [4.78, 5) is 23.9. The summed E-state index contributed by atoms with van der Waals surface area (Å²) in [6.45, 7) is 0.653. The first kappa shape index (κ1) is 10.4. The maximum absolute atomic E-state index is 11.3. The molecule has 1 saturated heterocycles. The van der Waals surface area contributed by atoms with E-state index in [-0.39, 0.29) is 5.91 Å². The number of nitrogens with zero attached hydrogens (tertiary/aromatic N) is 1. The second-order valence-electron chi connectivity index (χ2n) is 3.12. The van der Waals surface area contributed by atoms with Gasteiger partial charge in [-0.05, 0) is 18.6 Å². The molecule has 2 N–H and O–H groups in total. The van der Waals surface area contributed by atoms with Gasteiger partial charge in [-0.3, -0.25) is 9.59 Å². The van der Waals surface area contributed by atoms with Gasteiger partial charge in [-0.25, -0.2) is 0 Å². The van der Waals surface area contributed by atoms with E-state index < -0.39 is 11.9 Å². The SMILES string of the molecule is NC(=O)[C@H](CCS)N1CCCC1=O. The summed E-state index contributed by atoms with van der Waals surface area (Å²) < 4.78 is 0. The third-order valence-electron chi connectivity index (χ3n) is 2.22. The molecule has 1 fully saturated rings. The second-order valence-corrected chi connectivity index (χ2v) is 3.57. The minimum Gasteiger partial charge on any atom is -0.368 e. The van der Waals surface area contributed by atoms with Gasteiger partial charge in [0.25, 0.3) is 0 Å². The molecule has 1 aliphatic heterocycles. The average Bonchev–Trinajstić information content (AvgIpc) is 2.47. The van der Waals surface area contributed by atoms with Crippen LogP contribution in [-0.2, 0) is 9.59 Å². The van der Waals surface area contributed by atoms with Crippen molar-refractivity contribution in [2.45, 2.75) is 25.3 Å². The van der Waals surface area contributed by atoms with Crippen molar-refractivity contribution >= 4 is 24.4 Å². The maximum atomic E-state index is 11.3. The van der Waals surface area contributed by atoms with Crippen LogP contribution in [0.15, 0.2) is 0 Å². The van der Waals surface area contributed by atoms with Crippen molar-refractivity contribution in [3.63, 3.8) is 0 Å². The van der Waals surface area contributed by atoms with E-state index in [9.17, 15) is 9.59 Å². The van der Waals surface area contributed by atoms with Crippen LogP contribution in [0.5, 0.6) is 0 Å². The van der Waals surface area contributed by atoms with Gasteiger partial charge < -0.3 is 10.6 Å². The lowest BCUT2D eigenvalue weighted by Crippen LogP contribution is -2.45. The minimum absolute atomic E-state index is 0.0329. The summed E-state index contributed by atoms with van der Waals surface area (Å²) in [6, 6.07) is -0.451. The smallest absolute Gasteiger partial charge is 0.240 e. The fraction of sp³-hybridized carbons (Fsp3) is 0.750. The van der Waals surface area contributed by atoms with Gasteiger partial charge in [0.05, 0.1) is 0 Å². The Labute approximate surface area is 82.9 Å². The van der Waals surface area contributed by atoms with Crippen molar-refractivity contribution in [3.8, 4) is 0 Å². The molecule has 0 spiro atoms. The van der Waals surface area contributed by atoms with E-state index in [0.717, 1.165) is 6.42 Å². The first-order valence-corrected chi connectivity index (χ1v) is 4.99. The van der Waals surface area contributed by atoms with E-state index >= 15 is 0 Å². The van der Waals surface area contributed by atoms with Gasteiger partial charge in [-0.15, -0.1) is 0 Å². The summed E-state index contributed by atoms with van der Waals surface area (Å²) in [5.41, 5.74) is 5.20. The molecule has 1 rings (SSSR count). The number of thiol groups is 1. The zero-order valence-corrected chi connectivity index (χ0v) is 8.30. The molecular formula is C8H14N2O2S. The number of rotatable bonds is 4. The number of amides is 2. The fourth-order valence-corrected chi connectivity index (χ4v) is 1.82. The summed E-state index contributed by atoms with van der Waals surface area (Å²) in [7, 11) is 0. The Kier molecular flexibility index (Phi) is 3.59. The number of carbonyl (C=O) groups is 2. The molecule has 2 amide bonds. The maximum Gasteiger partial charge on any atom is 0.240 e. The molecule has 0 unspecified atom stereocenters. The summed E-state index contributed by atoms with van der Waals surface area (Å²) in [5, 5.41) is 0. The van der Waals surface area contributed by atoms with Crippen LogP contribution in [0, 0.1) is 0 Å². The average molecular weight is 202 g/mol. The van der Waals surface area contributed by atoms with Crippen LogP contribution >= 0.6 is 12.6 Å². The second kappa shape index (κ2) is 4.50. The Morgan fingerprint density at radius 1 is 1.69 bits per heavy atom. The highest BCUT2D eigenvalue weighted by Crippen LogP contribution is 2.15. The van der Waals surface area contributed by atoms with Crippen LogP contribution < -0.4 is 5.73 Å². The van der Waals surface area contributed by atoms with Gasteiger partial charge in [-0.2, -0.15) is 12.6 Å². The molecule has 0 bridgehead atoms. The topological polar surface area (TPSA) is 63.4 Å². The predicted octanol–water partition coefficient (Wildman–Crippen LogP) is -0.217. The van der Waals surface area contributed by atoms with Gasteiger partial charge in [0.15, 0.2) is 0 Å². The quantitative estimate of drug-likeness (QED) is 0.619. The van der Waals surface area contributed by atoms with Gasteiger partial charge in [0.1, 0.15) is 6.04 Å². The van der Waals surface area contributed by atoms with Gasteiger partial charge in [0, 0.05) is 13.0 Å². The number of carbonyl (C=O) groups excluding carboxylic acids is 2. The fourth-order valence-electron chi connectivity index (χ4n) is 1.57. The molecule has 0 aliphatic carbocycles. The van der Waals surface area contributed by atoms with Crippen molar-refractivity contribution in [2.24, 2.45) is 5.73 Å². The Morgan fingerprint density at radius 2 is 2.38 bits per heavy atom. The molecule has 74 valence electrons. The zero-order chi connectivity index (χ0) is 9.84. The molecule has 0 aromatic rings. The highest BCUT2D eigenvalue weighted by Gasteiger charge is 2.30. The molecule has 0 aromatic carbocycles. The van der Waals surface area contributed by atoms with Crippen molar-refractivity contribution in [1.82, 2.24) is 4.90 Å². The zero-order valence-electron chi connectivity index (χ0n) is 7.40. The standard InChI is InChI=1S/C8H14N2O2S/c9-8(12)6(3-5-13)10-4-1-2-7(10)11/h6,13H,1-5H2,(H2,9,12)/t6-/m0/s1. The molecule has 1 atom stereocenters. The number of nitrogens with two attached hydrogens (primary N) is 1. The Hall–Kier alpha value is -0.710. The molecule has 1 heterocycles. The normalized spacial score (nSPS) is 19.2. The lowest BCUT2D eigenvalue weighted by Gasteiger charge is -2.24. The summed E-state index contributed by atoms with van der Waals surface area (Å²) in [5.74, 6) is 0.173. The molecule has 13 heavy (non-hydrogen) atoms. The van der Waals surface area contributed by atoms with E-state index in [2.05, 4.69) is 12.6 Å². The lowest BCUT2D eigenvalue weighted by atomic mass is 10.2. The first-order chi connectivity index (χ1) is 6.16. The van der Waals surface area contributed by atoms with Crippen LogP contribution in [0.1, 0.15) is 19.3 Å². The van der Waals surface area contributed by atoms with Crippen molar-refractivity contribution < 1.29 is 9.59 Å². The van der Waals surface area contributed by atoms with Crippen molar-refractivity contribution in [2.75, 3.05) is 12.3 Å². The number of likely N-dealkylation sites (tertiary alicyclic amines) is 1. The molecule has 4 nitrogen and oxygen atoms in total. The summed E-state index contributed by atoms with van der Waals surface area (Å²) >= 11 is 4.03. The van der Waals surface area contributed by atoms with E-state index in [1.807, 2.05) is 0 Å². The van der Waals surface area contributed by atoms with Crippen LogP contribution in [0.3, 0.4) is 0 Å². The van der Waals surface area contributed by atoms with E-state index in [0.29, 0.717) is 25.1 Å². The third kappa shape index (κ3) is 2.37.